The Morgan fingerprint density at radius 3 is 1.90 bits per heavy atom. The summed E-state index contributed by atoms with van der Waals surface area (Å²) in [5.74, 6) is -6.53. The molecule has 0 spiro atoms. The smallest absolute Gasteiger partial charge is 0.328 e. The molecule has 8 atom stereocenters. The number of aromatic amines is 1. The quantitative estimate of drug-likeness (QED) is 0.0358. The number of carboxylic acids is 2. The summed E-state index contributed by atoms with van der Waals surface area (Å²) in [4.78, 5) is 113. The number of carboxylic acid groups (broad SMARTS) is 2. The van der Waals surface area contributed by atoms with Crippen molar-refractivity contribution >= 4 is 59.1 Å². The SMILES string of the molecule is CSCC[C@H](NC(=O)[C@H](CCCCN)NC(=O)[C@@H]1CCCN1C(=O)[C@@H](N)CCC(=O)O)C(=O)N[C@@H](Cc1cnc[nH]1)C(=O)N[C@@H](CCCCN)C(=O)N[C@H](C(=O)O)[C@@H](C)O. The number of amides is 6. The number of nitrogens with zero attached hydrogens (tertiary/aromatic N) is 2. The molecular weight excluding hydrogens is 807 g/mol. The number of carbonyl (C=O) groups is 8. The predicted molar refractivity (Wildman–Crippen MR) is 220 cm³/mol. The van der Waals surface area contributed by atoms with Crippen LogP contribution in [-0.2, 0) is 44.8 Å². The second-order valence-electron chi connectivity index (χ2n) is 14.7. The van der Waals surface area contributed by atoms with Crippen molar-refractivity contribution in [2.24, 2.45) is 17.2 Å². The number of nitrogens with two attached hydrogens (primary N) is 3. The lowest BCUT2D eigenvalue weighted by atomic mass is 10.0. The van der Waals surface area contributed by atoms with Crippen molar-refractivity contribution in [3.8, 4) is 0 Å². The largest absolute Gasteiger partial charge is 0.481 e. The van der Waals surface area contributed by atoms with E-state index in [1.807, 2.05) is 0 Å². The zero-order valence-corrected chi connectivity index (χ0v) is 35.0. The van der Waals surface area contributed by atoms with Crippen LogP contribution < -0.4 is 43.8 Å². The molecule has 0 saturated carbocycles. The van der Waals surface area contributed by atoms with Gasteiger partial charge in [0.1, 0.15) is 30.2 Å². The summed E-state index contributed by atoms with van der Waals surface area (Å²) in [6, 6.07) is -8.73. The van der Waals surface area contributed by atoms with Crippen molar-refractivity contribution in [1.82, 2.24) is 41.5 Å². The number of aliphatic hydroxyl groups excluding tert-OH is 1. The maximum Gasteiger partial charge on any atom is 0.328 e. The molecule has 22 nitrogen and oxygen atoms in total. The Kier molecular flexibility index (Phi) is 23.2. The van der Waals surface area contributed by atoms with Crippen molar-refractivity contribution in [3.63, 3.8) is 0 Å². The van der Waals surface area contributed by atoms with Gasteiger partial charge in [-0.25, -0.2) is 9.78 Å². The molecule has 1 aromatic rings. The van der Waals surface area contributed by atoms with Crippen LogP contribution in [-0.4, -0.2) is 158 Å². The van der Waals surface area contributed by atoms with Gasteiger partial charge < -0.3 is 69.0 Å². The summed E-state index contributed by atoms with van der Waals surface area (Å²) in [7, 11) is 0. The molecular formula is C37H63N11O11S. The number of H-pyrrole nitrogens is 1. The summed E-state index contributed by atoms with van der Waals surface area (Å²) in [5.41, 5.74) is 17.7. The van der Waals surface area contributed by atoms with Crippen LogP contribution >= 0.6 is 11.8 Å². The van der Waals surface area contributed by atoms with E-state index < -0.39 is 95.8 Å². The molecule has 2 rings (SSSR count). The van der Waals surface area contributed by atoms with Gasteiger partial charge in [0, 0.05) is 31.3 Å². The Morgan fingerprint density at radius 1 is 0.833 bits per heavy atom. The van der Waals surface area contributed by atoms with Crippen LogP contribution in [0.15, 0.2) is 12.5 Å². The fraction of sp³-hybridized carbons (Fsp3) is 0.703. The molecule has 1 aromatic heterocycles. The third-order valence-electron chi connectivity index (χ3n) is 9.89. The molecule has 338 valence electrons. The van der Waals surface area contributed by atoms with Crippen LogP contribution in [0.1, 0.15) is 83.2 Å². The zero-order chi connectivity index (χ0) is 44.8. The molecule has 0 bridgehead atoms. The van der Waals surface area contributed by atoms with Gasteiger partial charge in [-0.15, -0.1) is 0 Å². The number of carbonyl (C=O) groups excluding carboxylic acids is 6. The molecule has 0 radical (unpaired) electrons. The molecule has 1 saturated heterocycles. The van der Waals surface area contributed by atoms with Crippen molar-refractivity contribution in [1.29, 1.82) is 0 Å². The van der Waals surface area contributed by atoms with E-state index in [1.54, 1.807) is 6.26 Å². The average molecular weight is 870 g/mol. The fourth-order valence-electron chi connectivity index (χ4n) is 6.50. The van der Waals surface area contributed by atoms with Crippen LogP contribution in [0.2, 0.25) is 0 Å². The van der Waals surface area contributed by atoms with Gasteiger partial charge in [-0.2, -0.15) is 11.8 Å². The lowest BCUT2D eigenvalue weighted by molar-refractivity contribution is -0.145. The highest BCUT2D eigenvalue weighted by Crippen LogP contribution is 2.20. The van der Waals surface area contributed by atoms with Crippen molar-refractivity contribution in [2.75, 3.05) is 31.6 Å². The van der Waals surface area contributed by atoms with Gasteiger partial charge in [0.05, 0.1) is 18.5 Å². The number of nitrogens with one attached hydrogen (secondary N) is 6. The standard InChI is InChI=1S/C37H63N11O11S/c1-21(49)30(37(58)59)47-33(54)25(9-4-6-15-39)43-34(55)27(18-22-19-41-20-42-22)46-32(53)26(13-17-60-2)44-31(52)24(8-3-5-14-38)45-35(56)28-10-7-16-48(28)36(57)23(40)11-12-29(50)51/h19-21,23-28,30,49H,3-18,38-40H2,1-2H3,(H,41,42)(H,43,55)(H,44,52)(H,45,56)(H,46,53)(H,47,54)(H,50,51)(H,58,59)/t21-,23+,24+,25+,26+,27+,28+,30+/m1/s1. The summed E-state index contributed by atoms with van der Waals surface area (Å²) in [6.07, 6.45) is 5.46. The number of likely N-dealkylation sites (tertiary alicyclic amines) is 1. The topological polar surface area (TPSA) is 367 Å². The number of aliphatic hydroxyl groups is 1. The Hall–Kier alpha value is -4.84. The van der Waals surface area contributed by atoms with E-state index in [4.69, 9.17) is 22.3 Å². The van der Waals surface area contributed by atoms with E-state index in [-0.39, 0.29) is 58.0 Å². The normalized spacial score (nSPS) is 17.2. The Balaban J connectivity index is 2.33. The van der Waals surface area contributed by atoms with Gasteiger partial charge in [0.15, 0.2) is 6.04 Å². The van der Waals surface area contributed by atoms with Crippen LogP contribution in [0.5, 0.6) is 0 Å². The molecule has 6 amide bonds. The predicted octanol–water partition coefficient (Wildman–Crippen LogP) is -2.96. The molecule has 23 heteroatoms. The second kappa shape index (κ2) is 27.1. The molecule has 0 aliphatic carbocycles. The second-order valence-corrected chi connectivity index (χ2v) is 15.7. The number of aromatic nitrogens is 2. The van der Waals surface area contributed by atoms with E-state index in [0.29, 0.717) is 50.1 Å². The van der Waals surface area contributed by atoms with E-state index >= 15 is 0 Å². The number of imidazole rings is 1. The van der Waals surface area contributed by atoms with Gasteiger partial charge in [-0.3, -0.25) is 33.6 Å². The molecule has 0 unspecified atom stereocenters. The zero-order valence-electron chi connectivity index (χ0n) is 34.2. The van der Waals surface area contributed by atoms with Gasteiger partial charge in [-0.05, 0) is 96.2 Å². The lowest BCUT2D eigenvalue weighted by Gasteiger charge is -2.29. The first kappa shape index (κ1) is 51.3. The first-order chi connectivity index (χ1) is 28.5. The van der Waals surface area contributed by atoms with Crippen molar-refractivity contribution in [2.45, 2.75) is 132 Å². The monoisotopic (exact) mass is 869 g/mol. The highest BCUT2D eigenvalue weighted by atomic mass is 32.2. The molecule has 2 heterocycles. The fourth-order valence-corrected chi connectivity index (χ4v) is 6.97. The Morgan fingerprint density at radius 2 is 1.38 bits per heavy atom. The van der Waals surface area contributed by atoms with E-state index in [2.05, 4.69) is 36.6 Å². The minimum absolute atomic E-state index is 0.0552. The minimum Gasteiger partial charge on any atom is -0.481 e. The minimum atomic E-state index is -1.66. The molecule has 1 aliphatic heterocycles. The summed E-state index contributed by atoms with van der Waals surface area (Å²) in [5, 5.41) is 41.4. The van der Waals surface area contributed by atoms with E-state index in [1.165, 1.54) is 36.1 Å². The molecule has 60 heavy (non-hydrogen) atoms. The number of unbranched alkanes of at least 4 members (excludes halogenated alkanes) is 2. The number of hydrogen-bond acceptors (Lipinski definition) is 14. The van der Waals surface area contributed by atoms with Crippen LogP contribution in [0.4, 0.5) is 0 Å². The average Bonchev–Trinajstić information content (AvgIpc) is 3.92. The summed E-state index contributed by atoms with van der Waals surface area (Å²) in [6.45, 7) is 2.01. The van der Waals surface area contributed by atoms with Gasteiger partial charge in [0.25, 0.3) is 0 Å². The van der Waals surface area contributed by atoms with Crippen molar-refractivity contribution in [3.05, 3.63) is 18.2 Å². The van der Waals surface area contributed by atoms with Crippen LogP contribution in [0.25, 0.3) is 0 Å². The highest BCUT2D eigenvalue weighted by Gasteiger charge is 2.38. The summed E-state index contributed by atoms with van der Waals surface area (Å²) < 4.78 is 0. The van der Waals surface area contributed by atoms with Crippen LogP contribution in [0, 0.1) is 0 Å². The lowest BCUT2D eigenvalue weighted by Crippen LogP contribution is -2.60. The third-order valence-corrected chi connectivity index (χ3v) is 10.5. The number of rotatable bonds is 29. The molecule has 1 aliphatic rings. The number of hydrogen-bond donors (Lipinski definition) is 12. The number of aliphatic carboxylic acids is 2. The first-order valence-corrected chi connectivity index (χ1v) is 21.5. The Labute approximate surface area is 353 Å². The Bertz CT molecular complexity index is 1570. The number of thioether (sulfide) groups is 1. The summed E-state index contributed by atoms with van der Waals surface area (Å²) >= 11 is 1.40. The maximum atomic E-state index is 14.0. The van der Waals surface area contributed by atoms with Gasteiger partial charge in [-0.1, -0.05) is 0 Å². The van der Waals surface area contributed by atoms with Gasteiger partial charge >= 0.3 is 11.9 Å². The van der Waals surface area contributed by atoms with Gasteiger partial charge in [0.2, 0.25) is 35.4 Å². The van der Waals surface area contributed by atoms with E-state index in [0.717, 1.165) is 0 Å². The third kappa shape index (κ3) is 17.4. The maximum absolute atomic E-state index is 14.0. The van der Waals surface area contributed by atoms with E-state index in [9.17, 15) is 48.6 Å². The molecule has 0 aromatic carbocycles. The molecule has 1 fully saturated rings. The van der Waals surface area contributed by atoms with Crippen molar-refractivity contribution < 1.29 is 53.7 Å². The highest BCUT2D eigenvalue weighted by molar-refractivity contribution is 7.98. The molecule has 15 N–H and O–H groups in total. The van der Waals surface area contributed by atoms with Crippen LogP contribution in [0.3, 0.4) is 0 Å². The first-order valence-electron chi connectivity index (χ1n) is 20.1.